The number of hydrogen-bond acceptors (Lipinski definition) is 4. The lowest BCUT2D eigenvalue weighted by Crippen LogP contribution is -2.37. The number of carbonyl (C=O) groups excluding carboxylic acids is 2. The van der Waals surface area contributed by atoms with E-state index in [0.717, 1.165) is 43.9 Å². The molecule has 0 aromatic carbocycles. The Bertz CT molecular complexity index is 384. The van der Waals surface area contributed by atoms with Gasteiger partial charge in [0.25, 0.3) is 0 Å². The number of thioether (sulfide) groups is 1. The van der Waals surface area contributed by atoms with Gasteiger partial charge in [-0.15, -0.1) is 0 Å². The predicted octanol–water partition coefficient (Wildman–Crippen LogP) is 1.39. The van der Waals surface area contributed by atoms with Gasteiger partial charge in [-0.1, -0.05) is 31.5 Å². The number of nitrogens with zero attached hydrogens (tertiary/aromatic N) is 2. The van der Waals surface area contributed by atoms with Crippen molar-refractivity contribution in [2.24, 2.45) is 4.99 Å². The Morgan fingerprint density at radius 2 is 2.37 bits per heavy atom. The van der Waals surface area contributed by atoms with E-state index in [9.17, 15) is 9.59 Å². The van der Waals surface area contributed by atoms with Crippen molar-refractivity contribution in [3.05, 3.63) is 0 Å². The lowest BCUT2D eigenvalue weighted by atomic mass is 10.2. The molecule has 1 atom stereocenters. The summed E-state index contributed by atoms with van der Waals surface area (Å²) in [6.07, 6.45) is 4.47. The lowest BCUT2D eigenvalue weighted by molar-refractivity contribution is -0.129. The monoisotopic (exact) mass is 283 g/mol. The van der Waals surface area contributed by atoms with Gasteiger partial charge < -0.3 is 5.32 Å². The second-order valence-electron chi connectivity index (χ2n) is 4.88. The van der Waals surface area contributed by atoms with Gasteiger partial charge in [-0.05, 0) is 12.8 Å². The van der Waals surface area contributed by atoms with E-state index in [0.29, 0.717) is 6.54 Å². The molecule has 1 unspecified atom stereocenters. The maximum atomic E-state index is 12.1. The molecule has 0 aromatic heterocycles. The third-order valence-electron chi connectivity index (χ3n) is 3.28. The van der Waals surface area contributed by atoms with E-state index in [4.69, 9.17) is 0 Å². The topological polar surface area (TPSA) is 61.8 Å². The standard InChI is InChI=1S/C13H21N3O2S/c1-2-3-4-6-14-11(17)9-10-12(18)16-8-5-7-15-13(16)19-10/h10H,2-9H2,1H3,(H,14,17). The quantitative estimate of drug-likeness (QED) is 0.749. The molecule has 1 fully saturated rings. The zero-order valence-corrected chi connectivity index (χ0v) is 12.2. The Morgan fingerprint density at radius 3 is 3.11 bits per heavy atom. The van der Waals surface area contributed by atoms with Gasteiger partial charge in [0.15, 0.2) is 5.17 Å². The van der Waals surface area contributed by atoms with E-state index in [1.807, 2.05) is 0 Å². The van der Waals surface area contributed by atoms with E-state index in [-0.39, 0.29) is 23.5 Å². The number of aliphatic imine (C=N–C) groups is 1. The van der Waals surface area contributed by atoms with Crippen LogP contribution in [0.3, 0.4) is 0 Å². The molecule has 5 nitrogen and oxygen atoms in total. The van der Waals surface area contributed by atoms with Gasteiger partial charge in [0, 0.05) is 26.1 Å². The Balaban J connectivity index is 1.77. The first-order valence-electron chi connectivity index (χ1n) is 7.01. The highest BCUT2D eigenvalue weighted by atomic mass is 32.2. The molecule has 6 heteroatoms. The number of nitrogens with one attached hydrogen (secondary N) is 1. The Kier molecular flexibility index (Phi) is 5.24. The summed E-state index contributed by atoms with van der Waals surface area (Å²) in [7, 11) is 0. The van der Waals surface area contributed by atoms with Crippen molar-refractivity contribution < 1.29 is 9.59 Å². The van der Waals surface area contributed by atoms with E-state index < -0.39 is 0 Å². The summed E-state index contributed by atoms with van der Waals surface area (Å²) in [5.41, 5.74) is 0. The molecule has 0 radical (unpaired) electrons. The van der Waals surface area contributed by atoms with Crippen LogP contribution in [0.5, 0.6) is 0 Å². The van der Waals surface area contributed by atoms with Crippen LogP contribution in [-0.4, -0.2) is 46.8 Å². The fourth-order valence-electron chi connectivity index (χ4n) is 2.21. The van der Waals surface area contributed by atoms with Crippen LogP contribution in [0.15, 0.2) is 4.99 Å². The summed E-state index contributed by atoms with van der Waals surface area (Å²) < 4.78 is 0. The molecule has 2 aliphatic heterocycles. The molecule has 0 bridgehead atoms. The molecule has 106 valence electrons. The number of carbonyl (C=O) groups is 2. The number of fused-ring (bicyclic) bond motifs is 1. The van der Waals surface area contributed by atoms with Gasteiger partial charge in [0.2, 0.25) is 11.8 Å². The molecule has 0 spiro atoms. The van der Waals surface area contributed by atoms with Gasteiger partial charge in [0.1, 0.15) is 5.25 Å². The van der Waals surface area contributed by atoms with Crippen LogP contribution in [-0.2, 0) is 9.59 Å². The van der Waals surface area contributed by atoms with E-state index in [1.54, 1.807) is 4.90 Å². The van der Waals surface area contributed by atoms with Crippen molar-refractivity contribution in [2.75, 3.05) is 19.6 Å². The smallest absolute Gasteiger partial charge is 0.242 e. The molecule has 19 heavy (non-hydrogen) atoms. The van der Waals surface area contributed by atoms with Crippen molar-refractivity contribution in [1.29, 1.82) is 0 Å². The zero-order valence-electron chi connectivity index (χ0n) is 11.4. The van der Waals surface area contributed by atoms with E-state index >= 15 is 0 Å². The molecule has 1 N–H and O–H groups in total. The molecular formula is C13H21N3O2S. The summed E-state index contributed by atoms with van der Waals surface area (Å²) in [5.74, 6) is 0.0227. The number of rotatable bonds is 6. The maximum absolute atomic E-state index is 12.1. The highest BCUT2D eigenvalue weighted by molar-refractivity contribution is 8.15. The van der Waals surface area contributed by atoms with Crippen LogP contribution in [0.25, 0.3) is 0 Å². The molecule has 0 aromatic rings. The maximum Gasteiger partial charge on any atom is 0.242 e. The van der Waals surface area contributed by atoms with E-state index in [1.165, 1.54) is 11.8 Å². The van der Waals surface area contributed by atoms with Crippen molar-refractivity contribution in [3.63, 3.8) is 0 Å². The molecule has 1 saturated heterocycles. The summed E-state index contributed by atoms with van der Waals surface area (Å²) in [6.45, 7) is 4.39. The highest BCUT2D eigenvalue weighted by Gasteiger charge is 2.39. The van der Waals surface area contributed by atoms with Crippen LogP contribution < -0.4 is 5.32 Å². The minimum absolute atomic E-state index is 0.0256. The summed E-state index contributed by atoms with van der Waals surface area (Å²) in [6, 6.07) is 0. The minimum atomic E-state index is -0.275. The largest absolute Gasteiger partial charge is 0.356 e. The predicted molar refractivity (Wildman–Crippen MR) is 77.2 cm³/mol. The molecule has 2 heterocycles. The van der Waals surface area contributed by atoms with Crippen molar-refractivity contribution in [3.8, 4) is 0 Å². The second-order valence-corrected chi connectivity index (χ2v) is 6.05. The summed E-state index contributed by atoms with van der Waals surface area (Å²) in [5, 5.41) is 3.41. The summed E-state index contributed by atoms with van der Waals surface area (Å²) in [4.78, 5) is 29.9. The number of unbranched alkanes of at least 4 members (excludes halogenated alkanes) is 2. The fraction of sp³-hybridized carbons (Fsp3) is 0.769. The molecule has 2 amide bonds. The number of amides is 2. The number of hydrogen-bond donors (Lipinski definition) is 1. The van der Waals surface area contributed by atoms with Crippen LogP contribution in [0, 0.1) is 0 Å². The van der Waals surface area contributed by atoms with Crippen molar-refractivity contribution in [2.45, 2.75) is 44.3 Å². The van der Waals surface area contributed by atoms with Crippen LogP contribution in [0.4, 0.5) is 0 Å². The van der Waals surface area contributed by atoms with Crippen LogP contribution in [0.2, 0.25) is 0 Å². The van der Waals surface area contributed by atoms with Crippen LogP contribution >= 0.6 is 11.8 Å². The first-order chi connectivity index (χ1) is 9.22. The molecular weight excluding hydrogens is 262 g/mol. The van der Waals surface area contributed by atoms with Crippen LogP contribution in [0.1, 0.15) is 39.0 Å². The SMILES string of the molecule is CCCCCNC(=O)CC1SC2=NCCCN2C1=O. The van der Waals surface area contributed by atoms with E-state index in [2.05, 4.69) is 17.2 Å². The molecule has 2 aliphatic rings. The Labute approximate surface area is 118 Å². The average Bonchev–Trinajstić information content (AvgIpc) is 2.72. The lowest BCUT2D eigenvalue weighted by Gasteiger charge is -2.19. The van der Waals surface area contributed by atoms with Gasteiger partial charge in [-0.2, -0.15) is 0 Å². The highest BCUT2D eigenvalue weighted by Crippen LogP contribution is 2.31. The first-order valence-corrected chi connectivity index (χ1v) is 7.89. The molecule has 0 aliphatic carbocycles. The Morgan fingerprint density at radius 1 is 1.53 bits per heavy atom. The average molecular weight is 283 g/mol. The van der Waals surface area contributed by atoms with Crippen molar-refractivity contribution in [1.82, 2.24) is 10.2 Å². The molecule has 2 rings (SSSR count). The zero-order chi connectivity index (χ0) is 13.7. The number of amidine groups is 1. The van der Waals surface area contributed by atoms with Gasteiger partial charge in [0.05, 0.1) is 0 Å². The third kappa shape index (κ3) is 3.72. The van der Waals surface area contributed by atoms with Gasteiger partial charge >= 0.3 is 0 Å². The fourth-order valence-corrected chi connectivity index (χ4v) is 3.41. The summed E-state index contributed by atoms with van der Waals surface area (Å²) >= 11 is 1.44. The minimum Gasteiger partial charge on any atom is -0.356 e. The first kappa shape index (κ1) is 14.4. The Hall–Kier alpha value is -1.04. The molecule has 0 saturated carbocycles. The van der Waals surface area contributed by atoms with Gasteiger partial charge in [-0.3, -0.25) is 19.5 Å². The third-order valence-corrected chi connectivity index (χ3v) is 4.49. The van der Waals surface area contributed by atoms with Gasteiger partial charge in [-0.25, -0.2) is 0 Å². The normalized spacial score (nSPS) is 22.2. The second kappa shape index (κ2) is 6.93. The van der Waals surface area contributed by atoms with Crippen molar-refractivity contribution >= 4 is 28.7 Å².